The van der Waals surface area contributed by atoms with Crippen LogP contribution >= 0.6 is 0 Å². The van der Waals surface area contributed by atoms with Crippen LogP contribution in [-0.4, -0.2) is 11.0 Å². The predicted octanol–water partition coefficient (Wildman–Crippen LogP) is 2.54. The summed E-state index contributed by atoms with van der Waals surface area (Å²) >= 11 is 0. The molecule has 2 aromatic carbocycles. The van der Waals surface area contributed by atoms with Gasteiger partial charge >= 0.3 is 0 Å². The van der Waals surface area contributed by atoms with Gasteiger partial charge in [-0.1, -0.05) is 65.8 Å². The van der Waals surface area contributed by atoms with E-state index in [-0.39, 0.29) is 5.84 Å². The second-order valence-corrected chi connectivity index (χ2v) is 3.69. The van der Waals surface area contributed by atoms with Gasteiger partial charge in [-0.2, -0.15) is 0 Å². The molecule has 0 spiro atoms. The van der Waals surface area contributed by atoms with E-state index in [1.54, 1.807) is 0 Å². The lowest BCUT2D eigenvalue weighted by Crippen LogP contribution is -2.24. The van der Waals surface area contributed by atoms with Gasteiger partial charge in [0, 0.05) is 5.56 Å². The Labute approximate surface area is 105 Å². The van der Waals surface area contributed by atoms with Gasteiger partial charge in [-0.15, -0.1) is 0 Å². The van der Waals surface area contributed by atoms with Crippen LogP contribution in [0.25, 0.3) is 0 Å². The zero-order chi connectivity index (χ0) is 12.6. The van der Waals surface area contributed by atoms with Crippen molar-refractivity contribution in [2.24, 2.45) is 5.16 Å². The van der Waals surface area contributed by atoms with Crippen LogP contribution in [0.4, 0.5) is 0 Å². The van der Waals surface area contributed by atoms with E-state index in [1.807, 2.05) is 60.7 Å². The van der Waals surface area contributed by atoms with Gasteiger partial charge in [-0.3, -0.25) is 4.84 Å². The molecule has 0 saturated carbocycles. The van der Waals surface area contributed by atoms with Gasteiger partial charge in [0.1, 0.15) is 0 Å². The summed E-state index contributed by atoms with van der Waals surface area (Å²) in [6.45, 7) is 0.396. The summed E-state index contributed by atoms with van der Waals surface area (Å²) in [6, 6.07) is 19.0. The number of oxime groups is 1. The lowest BCUT2D eigenvalue weighted by molar-refractivity contribution is 0.0691. The van der Waals surface area contributed by atoms with Crippen LogP contribution in [0.15, 0.2) is 65.8 Å². The maximum atomic E-state index is 8.92. The summed E-state index contributed by atoms with van der Waals surface area (Å²) in [5, 5.41) is 12.1. The molecule has 0 aliphatic heterocycles. The number of amidine groups is 1. The van der Waals surface area contributed by atoms with Gasteiger partial charge < -0.3 is 5.21 Å². The molecule has 2 N–H and O–H groups in total. The van der Waals surface area contributed by atoms with E-state index in [2.05, 4.69) is 10.6 Å². The van der Waals surface area contributed by atoms with Gasteiger partial charge in [0.05, 0.1) is 6.61 Å². The Morgan fingerprint density at radius 2 is 1.61 bits per heavy atom. The highest BCUT2D eigenvalue weighted by molar-refractivity contribution is 5.97. The Morgan fingerprint density at radius 3 is 2.22 bits per heavy atom. The highest BCUT2D eigenvalue weighted by Gasteiger charge is 2.02. The molecule has 0 saturated heterocycles. The van der Waals surface area contributed by atoms with Crippen LogP contribution in [0.1, 0.15) is 11.1 Å². The molecular formula is C14H14N2O2. The Bertz CT molecular complexity index is 498. The van der Waals surface area contributed by atoms with E-state index in [4.69, 9.17) is 10.0 Å². The maximum Gasteiger partial charge on any atom is 0.196 e. The van der Waals surface area contributed by atoms with Crippen molar-refractivity contribution < 1.29 is 10.0 Å². The van der Waals surface area contributed by atoms with Crippen molar-refractivity contribution >= 4 is 5.84 Å². The van der Waals surface area contributed by atoms with Crippen molar-refractivity contribution in [3.8, 4) is 0 Å². The lowest BCUT2D eigenvalue weighted by atomic mass is 10.2. The molecule has 0 heterocycles. The van der Waals surface area contributed by atoms with E-state index in [0.29, 0.717) is 6.61 Å². The Morgan fingerprint density at radius 1 is 1.00 bits per heavy atom. The zero-order valence-corrected chi connectivity index (χ0v) is 9.78. The topological polar surface area (TPSA) is 53.9 Å². The number of rotatable bonds is 4. The molecule has 2 rings (SSSR count). The van der Waals surface area contributed by atoms with E-state index >= 15 is 0 Å². The third-order valence-corrected chi connectivity index (χ3v) is 2.40. The average Bonchev–Trinajstić information content (AvgIpc) is 2.46. The molecule has 0 aliphatic rings. The fourth-order valence-corrected chi connectivity index (χ4v) is 1.50. The Kier molecular flexibility index (Phi) is 4.33. The molecule has 0 aromatic heterocycles. The van der Waals surface area contributed by atoms with E-state index in [9.17, 15) is 0 Å². The fourth-order valence-electron chi connectivity index (χ4n) is 1.50. The third kappa shape index (κ3) is 3.33. The van der Waals surface area contributed by atoms with Crippen molar-refractivity contribution in [2.45, 2.75) is 6.61 Å². The molecule has 2 aromatic rings. The average molecular weight is 242 g/mol. The number of hydrogen-bond acceptors (Lipinski definition) is 3. The highest BCUT2D eigenvalue weighted by Crippen LogP contribution is 2.02. The molecule has 4 nitrogen and oxygen atoms in total. The van der Waals surface area contributed by atoms with Crippen LogP contribution in [-0.2, 0) is 11.4 Å². The van der Waals surface area contributed by atoms with Crippen LogP contribution in [0.3, 0.4) is 0 Å². The second-order valence-electron chi connectivity index (χ2n) is 3.69. The first-order chi connectivity index (χ1) is 8.90. The highest BCUT2D eigenvalue weighted by atomic mass is 16.6. The van der Waals surface area contributed by atoms with Crippen LogP contribution in [0, 0.1) is 0 Å². The summed E-state index contributed by atoms with van der Waals surface area (Å²) in [4.78, 5) is 5.29. The molecule has 0 aliphatic carbocycles. The summed E-state index contributed by atoms with van der Waals surface area (Å²) in [6.07, 6.45) is 0. The number of benzene rings is 2. The quantitative estimate of drug-likeness (QED) is 0.375. The smallest absolute Gasteiger partial charge is 0.196 e. The third-order valence-electron chi connectivity index (χ3n) is 2.40. The normalized spacial score (nSPS) is 11.2. The minimum atomic E-state index is 0.284. The number of hydrogen-bond donors (Lipinski definition) is 2. The fraction of sp³-hybridized carbons (Fsp3) is 0.0714. The molecule has 0 atom stereocenters. The molecule has 0 unspecified atom stereocenters. The summed E-state index contributed by atoms with van der Waals surface area (Å²) in [5.41, 5.74) is 4.43. The number of nitrogens with zero attached hydrogens (tertiary/aromatic N) is 1. The minimum Gasteiger partial charge on any atom is -0.409 e. The first-order valence-electron chi connectivity index (χ1n) is 5.59. The summed E-state index contributed by atoms with van der Waals surface area (Å²) in [7, 11) is 0. The Hall–Kier alpha value is -2.33. The lowest BCUT2D eigenvalue weighted by Gasteiger charge is -2.08. The van der Waals surface area contributed by atoms with Gasteiger partial charge in [0.2, 0.25) is 0 Å². The molecule has 0 radical (unpaired) electrons. The van der Waals surface area contributed by atoms with Gasteiger partial charge in [0.25, 0.3) is 0 Å². The second kappa shape index (κ2) is 6.42. The zero-order valence-electron chi connectivity index (χ0n) is 9.78. The summed E-state index contributed by atoms with van der Waals surface area (Å²) < 4.78 is 0. The van der Waals surface area contributed by atoms with Crippen LogP contribution in [0.5, 0.6) is 0 Å². The van der Waals surface area contributed by atoms with Crippen LogP contribution < -0.4 is 5.48 Å². The van der Waals surface area contributed by atoms with E-state index < -0.39 is 0 Å². The molecule has 18 heavy (non-hydrogen) atoms. The monoisotopic (exact) mass is 242 g/mol. The van der Waals surface area contributed by atoms with Gasteiger partial charge in [-0.05, 0) is 5.56 Å². The predicted molar refractivity (Wildman–Crippen MR) is 69.1 cm³/mol. The summed E-state index contributed by atoms with van der Waals surface area (Å²) in [5.74, 6) is 0.284. The van der Waals surface area contributed by atoms with Crippen molar-refractivity contribution in [1.82, 2.24) is 5.48 Å². The molecule has 0 amide bonds. The molecule has 4 heteroatoms. The molecular weight excluding hydrogens is 228 g/mol. The first-order valence-corrected chi connectivity index (χ1v) is 5.59. The largest absolute Gasteiger partial charge is 0.409 e. The maximum absolute atomic E-state index is 8.92. The number of hydroxylamine groups is 1. The molecule has 0 fully saturated rings. The van der Waals surface area contributed by atoms with Crippen molar-refractivity contribution in [1.29, 1.82) is 0 Å². The minimum absolute atomic E-state index is 0.284. The van der Waals surface area contributed by atoms with Gasteiger partial charge in [0.15, 0.2) is 5.84 Å². The SMILES string of the molecule is O/N=C(\NOCc1ccccc1)c1ccccc1. The van der Waals surface area contributed by atoms with Crippen molar-refractivity contribution in [3.05, 3.63) is 71.8 Å². The first kappa shape index (κ1) is 12.1. The van der Waals surface area contributed by atoms with E-state index in [0.717, 1.165) is 11.1 Å². The standard InChI is InChI=1S/C14H14N2O2/c17-15-14(13-9-5-2-6-10-13)16-18-11-12-7-3-1-4-8-12/h1-10,17H,11H2,(H,15,16). The van der Waals surface area contributed by atoms with Crippen molar-refractivity contribution in [3.63, 3.8) is 0 Å². The van der Waals surface area contributed by atoms with E-state index in [1.165, 1.54) is 0 Å². The van der Waals surface area contributed by atoms with Gasteiger partial charge in [-0.25, -0.2) is 5.48 Å². The molecule has 0 bridgehead atoms. The molecule has 92 valence electrons. The van der Waals surface area contributed by atoms with Crippen LogP contribution in [0.2, 0.25) is 0 Å². The number of nitrogens with one attached hydrogen (secondary N) is 1. The Balaban J connectivity index is 1.90. The van der Waals surface area contributed by atoms with Crippen molar-refractivity contribution in [2.75, 3.05) is 0 Å².